The summed E-state index contributed by atoms with van der Waals surface area (Å²) in [6.45, 7) is 0. The molecule has 24 heavy (non-hydrogen) atoms. The van der Waals surface area contributed by atoms with Gasteiger partial charge in [-0.2, -0.15) is 5.21 Å². The maximum Gasteiger partial charge on any atom is 0.208 e. The molecule has 0 radical (unpaired) electrons. The molecule has 0 fully saturated rings. The smallest absolute Gasteiger partial charge is 0.208 e. The fourth-order valence-electron chi connectivity index (χ4n) is 2.04. The number of hydrogen-bond acceptors (Lipinski definition) is 6. The lowest BCUT2D eigenvalue weighted by molar-refractivity contribution is 0.219. The number of aromatic nitrogens is 5. The first-order valence-electron chi connectivity index (χ1n) is 6.75. The van der Waals surface area contributed by atoms with Crippen LogP contribution in [-0.2, 0) is 9.84 Å². The maximum absolute atomic E-state index is 12.7. The van der Waals surface area contributed by atoms with Crippen molar-refractivity contribution in [2.24, 2.45) is 0 Å². The van der Waals surface area contributed by atoms with Crippen molar-refractivity contribution < 1.29 is 13.5 Å². The van der Waals surface area contributed by atoms with Crippen molar-refractivity contribution in [3.05, 3.63) is 59.1 Å². The molecule has 0 spiro atoms. The van der Waals surface area contributed by atoms with Crippen LogP contribution in [0.5, 0.6) is 0 Å². The number of halogens is 1. The predicted octanol–water partition coefficient (Wildman–Crippen LogP) is 1.76. The number of nitrogens with one attached hydrogen (secondary N) is 2. The number of tetrazole rings is 1. The van der Waals surface area contributed by atoms with Gasteiger partial charge in [-0.25, -0.2) is 8.42 Å². The fourth-order valence-corrected chi connectivity index (χ4v) is 3.58. The fraction of sp³-hybridized carbons (Fsp3) is 0.0714. The van der Waals surface area contributed by atoms with Crippen LogP contribution in [0.15, 0.2) is 52.5 Å². The molecule has 2 heterocycles. The molecule has 0 aliphatic carbocycles. The van der Waals surface area contributed by atoms with Crippen molar-refractivity contribution in [3.8, 4) is 0 Å². The van der Waals surface area contributed by atoms with Gasteiger partial charge >= 0.3 is 0 Å². The first kappa shape index (κ1) is 16.4. The van der Waals surface area contributed by atoms with Crippen LogP contribution in [0.2, 0.25) is 5.02 Å². The number of H-pyrrole nitrogens is 2. The van der Waals surface area contributed by atoms with E-state index in [9.17, 15) is 13.5 Å². The molecule has 3 rings (SSSR count). The van der Waals surface area contributed by atoms with Crippen molar-refractivity contribution in [2.75, 3.05) is 0 Å². The summed E-state index contributed by atoms with van der Waals surface area (Å²) in [5.41, 5.74) is 0.396. The van der Waals surface area contributed by atoms with E-state index >= 15 is 0 Å². The lowest BCUT2D eigenvalue weighted by atomic mass is 10.2. The first-order valence-corrected chi connectivity index (χ1v) is 8.61. The first-order chi connectivity index (χ1) is 11.5. The van der Waals surface area contributed by atoms with E-state index in [1.54, 1.807) is 0 Å². The van der Waals surface area contributed by atoms with Crippen LogP contribution in [0.4, 0.5) is 0 Å². The Kier molecular flexibility index (Phi) is 4.47. The molecule has 8 nitrogen and oxygen atoms in total. The second-order valence-corrected chi connectivity index (χ2v) is 7.16. The largest absolute Gasteiger partial charge is 0.381 e. The van der Waals surface area contributed by atoms with Crippen LogP contribution in [-0.4, -0.2) is 39.1 Å². The summed E-state index contributed by atoms with van der Waals surface area (Å²) in [6, 6.07) is 5.89. The van der Waals surface area contributed by atoms with Gasteiger partial charge < -0.3 is 10.1 Å². The van der Waals surface area contributed by atoms with E-state index in [1.807, 2.05) is 0 Å². The molecule has 0 aliphatic rings. The molecule has 0 aliphatic heterocycles. The summed E-state index contributed by atoms with van der Waals surface area (Å²) < 4.78 is 25.4. The Balaban J connectivity index is 1.91. The van der Waals surface area contributed by atoms with Crippen LogP contribution in [0.25, 0.3) is 6.08 Å². The SMILES string of the molecule is O=S(=O)(c1ccc(Cl)cc1)c1c[nH]cc1C=CC(O)c1nn[nH]n1. The van der Waals surface area contributed by atoms with Gasteiger partial charge in [0.25, 0.3) is 0 Å². The van der Waals surface area contributed by atoms with Crippen LogP contribution in [0.1, 0.15) is 17.5 Å². The van der Waals surface area contributed by atoms with E-state index in [-0.39, 0.29) is 15.6 Å². The number of benzene rings is 1. The molecule has 3 aromatic rings. The third-order valence-corrected chi connectivity index (χ3v) is 5.31. The zero-order valence-electron chi connectivity index (χ0n) is 12.1. The highest BCUT2D eigenvalue weighted by atomic mass is 35.5. The van der Waals surface area contributed by atoms with Crippen LogP contribution < -0.4 is 0 Å². The highest BCUT2D eigenvalue weighted by Crippen LogP contribution is 2.26. The quantitative estimate of drug-likeness (QED) is 0.632. The van der Waals surface area contributed by atoms with E-state index in [4.69, 9.17) is 11.6 Å². The van der Waals surface area contributed by atoms with Crippen molar-refractivity contribution >= 4 is 27.5 Å². The van der Waals surface area contributed by atoms with Crippen molar-refractivity contribution in [3.63, 3.8) is 0 Å². The second kappa shape index (κ2) is 6.56. The average Bonchev–Trinajstić information content (AvgIpc) is 3.24. The number of rotatable bonds is 5. The molecule has 0 bridgehead atoms. The Labute approximate surface area is 142 Å². The molecule has 0 saturated heterocycles. The summed E-state index contributed by atoms with van der Waals surface area (Å²) >= 11 is 5.79. The minimum atomic E-state index is -3.72. The third-order valence-electron chi connectivity index (χ3n) is 3.24. The lowest BCUT2D eigenvalue weighted by Crippen LogP contribution is -2.02. The Hall–Kier alpha value is -2.49. The van der Waals surface area contributed by atoms with Gasteiger partial charge in [0, 0.05) is 23.0 Å². The molecule has 1 atom stereocenters. The number of hydrogen-bond donors (Lipinski definition) is 3. The van der Waals surface area contributed by atoms with Gasteiger partial charge in [0.15, 0.2) is 0 Å². The minimum absolute atomic E-state index is 0.0846. The number of sulfone groups is 1. The molecule has 1 unspecified atom stereocenters. The molecule has 10 heteroatoms. The maximum atomic E-state index is 12.7. The van der Waals surface area contributed by atoms with Crippen LogP contribution >= 0.6 is 11.6 Å². The Morgan fingerprint density at radius 2 is 1.96 bits per heavy atom. The molecule has 0 saturated carbocycles. The summed E-state index contributed by atoms with van der Waals surface area (Å²) in [5.74, 6) is 0.0869. The number of aliphatic hydroxyl groups is 1. The zero-order chi connectivity index (χ0) is 17.2. The van der Waals surface area contributed by atoms with Crippen LogP contribution in [0, 0.1) is 0 Å². The van der Waals surface area contributed by atoms with Crippen molar-refractivity contribution in [1.29, 1.82) is 0 Å². The molecule has 3 N–H and O–H groups in total. The predicted molar refractivity (Wildman–Crippen MR) is 85.9 cm³/mol. The summed E-state index contributed by atoms with van der Waals surface area (Å²) in [7, 11) is -3.72. The standard InChI is InChI=1S/C14H12ClN5O3S/c15-10-2-4-11(5-3-10)24(22,23)13-8-16-7-9(13)1-6-12(21)14-17-19-20-18-14/h1-8,12,16,21H,(H,17,18,19,20). The van der Waals surface area contributed by atoms with Crippen molar-refractivity contribution in [2.45, 2.75) is 15.9 Å². The van der Waals surface area contributed by atoms with E-state index in [0.717, 1.165) is 0 Å². The average molecular weight is 366 g/mol. The van der Waals surface area contributed by atoms with Gasteiger partial charge in [-0.1, -0.05) is 22.9 Å². The summed E-state index contributed by atoms with van der Waals surface area (Å²) in [6.07, 6.45) is 4.63. The van der Waals surface area contributed by atoms with E-state index < -0.39 is 15.9 Å². The van der Waals surface area contributed by atoms with Gasteiger partial charge in [-0.15, -0.1) is 10.2 Å². The monoisotopic (exact) mass is 365 g/mol. The zero-order valence-corrected chi connectivity index (χ0v) is 13.7. The Morgan fingerprint density at radius 3 is 2.62 bits per heavy atom. The van der Waals surface area contributed by atoms with Gasteiger partial charge in [-0.3, -0.25) is 0 Å². The third kappa shape index (κ3) is 3.23. The lowest BCUT2D eigenvalue weighted by Gasteiger charge is -2.04. The number of aliphatic hydroxyl groups excluding tert-OH is 1. The van der Waals surface area contributed by atoms with E-state index in [0.29, 0.717) is 10.6 Å². The van der Waals surface area contributed by atoms with E-state index in [2.05, 4.69) is 25.6 Å². The Bertz CT molecular complexity index is 949. The minimum Gasteiger partial charge on any atom is -0.381 e. The normalized spacial score (nSPS) is 13.4. The highest BCUT2D eigenvalue weighted by Gasteiger charge is 2.21. The molecule has 2 aromatic heterocycles. The number of aromatic amines is 2. The molecule has 124 valence electrons. The summed E-state index contributed by atoms with van der Waals surface area (Å²) in [4.78, 5) is 2.97. The van der Waals surface area contributed by atoms with Gasteiger partial charge in [0.1, 0.15) is 6.10 Å². The van der Waals surface area contributed by atoms with Gasteiger partial charge in [0.05, 0.1) is 9.79 Å². The molecular formula is C14H12ClN5O3S. The van der Waals surface area contributed by atoms with E-state index in [1.165, 1.54) is 48.8 Å². The van der Waals surface area contributed by atoms with Gasteiger partial charge in [-0.05, 0) is 30.3 Å². The van der Waals surface area contributed by atoms with Gasteiger partial charge in [0.2, 0.25) is 15.7 Å². The van der Waals surface area contributed by atoms with Crippen LogP contribution in [0.3, 0.4) is 0 Å². The van der Waals surface area contributed by atoms with Crippen molar-refractivity contribution in [1.82, 2.24) is 25.6 Å². The number of nitrogens with zero attached hydrogens (tertiary/aromatic N) is 3. The molecular weight excluding hydrogens is 354 g/mol. The summed E-state index contributed by atoms with van der Waals surface area (Å²) in [5, 5.41) is 23.2. The topological polar surface area (TPSA) is 125 Å². The molecule has 1 aromatic carbocycles. The molecule has 0 amide bonds. The highest BCUT2D eigenvalue weighted by molar-refractivity contribution is 7.91. The second-order valence-electron chi connectivity index (χ2n) is 4.81. The Morgan fingerprint density at radius 1 is 1.21 bits per heavy atom.